The molecule has 3 aromatic carbocycles. The summed E-state index contributed by atoms with van der Waals surface area (Å²) >= 11 is 0. The highest BCUT2D eigenvalue weighted by atomic mass is 16.5. The normalized spacial score (nSPS) is 16.9. The van der Waals surface area contributed by atoms with Gasteiger partial charge in [0.2, 0.25) is 5.91 Å². The predicted molar refractivity (Wildman–Crippen MR) is 166 cm³/mol. The topological polar surface area (TPSA) is 56.6 Å². The van der Waals surface area contributed by atoms with Crippen molar-refractivity contribution in [1.29, 1.82) is 0 Å². The Labute approximate surface area is 249 Å². The van der Waals surface area contributed by atoms with E-state index in [0.29, 0.717) is 19.1 Å². The number of ether oxygens (including phenoxy) is 2. The highest BCUT2D eigenvalue weighted by Gasteiger charge is 2.32. The van der Waals surface area contributed by atoms with E-state index in [1.54, 1.807) is 7.11 Å². The summed E-state index contributed by atoms with van der Waals surface area (Å²) in [4.78, 5) is 16.4. The Morgan fingerprint density at radius 3 is 2.50 bits per heavy atom. The second-order valence-electron chi connectivity index (χ2n) is 11.7. The molecule has 1 aromatic heterocycles. The number of amides is 1. The fourth-order valence-corrected chi connectivity index (χ4v) is 6.59. The lowest BCUT2D eigenvalue weighted by atomic mass is 9.81. The van der Waals surface area contributed by atoms with Crippen LogP contribution >= 0.6 is 0 Å². The molecule has 1 unspecified atom stereocenters. The average Bonchev–Trinajstić information content (AvgIpc) is 3.49. The number of methoxy groups -OCH3 is 1. The van der Waals surface area contributed by atoms with Crippen LogP contribution in [0.1, 0.15) is 73.1 Å². The molecule has 6 rings (SSSR count). The quantitative estimate of drug-likeness (QED) is 0.198. The van der Waals surface area contributed by atoms with E-state index in [1.165, 1.54) is 32.1 Å². The molecule has 6 nitrogen and oxygen atoms in total. The fourth-order valence-electron chi connectivity index (χ4n) is 6.59. The summed E-state index contributed by atoms with van der Waals surface area (Å²) in [6, 6.07) is 24.2. The lowest BCUT2D eigenvalue weighted by molar-refractivity contribution is -0.120. The molecule has 0 aliphatic heterocycles. The molecule has 1 atom stereocenters. The molecule has 0 N–H and O–H groups in total. The SMILES string of the molecule is COc1ccc(N(Cc2cnn(CC3CCCCC3)c2)C(=O)C2CCCc3c(OCc4ccccc4)cccc32)cc1. The van der Waals surface area contributed by atoms with Crippen molar-refractivity contribution < 1.29 is 14.3 Å². The van der Waals surface area contributed by atoms with Crippen molar-refractivity contribution in [3.05, 3.63) is 107 Å². The zero-order chi connectivity index (χ0) is 28.7. The number of carbonyl (C=O) groups excluding carboxylic acids is 1. The molecule has 218 valence electrons. The zero-order valence-electron chi connectivity index (χ0n) is 24.6. The summed E-state index contributed by atoms with van der Waals surface area (Å²) in [5.74, 6) is 2.24. The van der Waals surface area contributed by atoms with E-state index >= 15 is 0 Å². The Bertz CT molecular complexity index is 1460. The summed E-state index contributed by atoms with van der Waals surface area (Å²) in [7, 11) is 1.66. The molecular weight excluding hydrogens is 522 g/mol. The first-order valence-electron chi connectivity index (χ1n) is 15.4. The molecule has 0 saturated heterocycles. The molecule has 0 radical (unpaired) electrons. The number of nitrogens with zero attached hydrogens (tertiary/aromatic N) is 3. The van der Waals surface area contributed by atoms with Gasteiger partial charge in [0.15, 0.2) is 0 Å². The van der Waals surface area contributed by atoms with Crippen LogP contribution in [0.2, 0.25) is 0 Å². The first kappa shape index (κ1) is 28.1. The predicted octanol–water partition coefficient (Wildman–Crippen LogP) is 7.70. The molecule has 4 aromatic rings. The number of hydrogen-bond acceptors (Lipinski definition) is 4. The Morgan fingerprint density at radius 1 is 0.905 bits per heavy atom. The Balaban J connectivity index is 1.24. The molecule has 2 aliphatic rings. The Morgan fingerprint density at radius 2 is 1.71 bits per heavy atom. The summed E-state index contributed by atoms with van der Waals surface area (Å²) in [5, 5.41) is 4.69. The number of benzene rings is 3. The summed E-state index contributed by atoms with van der Waals surface area (Å²) in [6.45, 7) is 1.95. The van der Waals surface area contributed by atoms with Gasteiger partial charge in [-0.25, -0.2) is 0 Å². The third-order valence-corrected chi connectivity index (χ3v) is 8.85. The van der Waals surface area contributed by atoms with Crippen molar-refractivity contribution in [2.75, 3.05) is 12.0 Å². The van der Waals surface area contributed by atoms with Crippen LogP contribution in [0.5, 0.6) is 11.5 Å². The van der Waals surface area contributed by atoms with Crippen molar-refractivity contribution >= 4 is 11.6 Å². The maximum atomic E-state index is 14.5. The maximum Gasteiger partial charge on any atom is 0.234 e. The number of hydrogen-bond donors (Lipinski definition) is 0. The van der Waals surface area contributed by atoms with Gasteiger partial charge in [-0.1, -0.05) is 61.7 Å². The lowest BCUT2D eigenvalue weighted by Crippen LogP contribution is -2.36. The van der Waals surface area contributed by atoms with E-state index in [2.05, 4.69) is 29.1 Å². The van der Waals surface area contributed by atoms with E-state index in [0.717, 1.165) is 65.2 Å². The summed E-state index contributed by atoms with van der Waals surface area (Å²) in [6.07, 6.45) is 13.3. The van der Waals surface area contributed by atoms with Crippen molar-refractivity contribution in [2.45, 2.75) is 77.0 Å². The van der Waals surface area contributed by atoms with Crippen molar-refractivity contribution in [3.8, 4) is 11.5 Å². The molecule has 1 fully saturated rings. The van der Waals surface area contributed by atoms with Crippen molar-refractivity contribution in [3.63, 3.8) is 0 Å². The van der Waals surface area contributed by atoms with Crippen molar-refractivity contribution in [2.24, 2.45) is 5.92 Å². The third kappa shape index (κ3) is 6.53. The zero-order valence-corrected chi connectivity index (χ0v) is 24.6. The minimum absolute atomic E-state index is 0.112. The van der Waals surface area contributed by atoms with Crippen LogP contribution in [0, 0.1) is 5.92 Å². The first-order valence-corrected chi connectivity index (χ1v) is 15.4. The highest BCUT2D eigenvalue weighted by molar-refractivity contribution is 5.98. The number of rotatable bonds is 10. The van der Waals surface area contributed by atoms with E-state index in [9.17, 15) is 4.79 Å². The van der Waals surface area contributed by atoms with Crippen LogP contribution in [0.15, 0.2) is 85.2 Å². The number of anilines is 1. The minimum atomic E-state index is -0.228. The first-order chi connectivity index (χ1) is 20.7. The van der Waals surface area contributed by atoms with E-state index in [1.807, 2.05) is 65.7 Å². The molecular formula is C36H41N3O3. The summed E-state index contributed by atoms with van der Waals surface area (Å²) < 4.78 is 13.8. The summed E-state index contributed by atoms with van der Waals surface area (Å²) in [5.41, 5.74) is 5.29. The monoisotopic (exact) mass is 563 g/mol. The van der Waals surface area contributed by atoms with Gasteiger partial charge in [-0.05, 0) is 85.0 Å². The molecule has 1 amide bonds. The van der Waals surface area contributed by atoms with E-state index in [-0.39, 0.29) is 11.8 Å². The molecule has 2 aliphatic carbocycles. The molecule has 6 heteroatoms. The van der Waals surface area contributed by atoms with Crippen molar-refractivity contribution in [1.82, 2.24) is 9.78 Å². The molecule has 1 heterocycles. The largest absolute Gasteiger partial charge is 0.497 e. The Kier molecular flexibility index (Phi) is 8.88. The molecule has 1 saturated carbocycles. The van der Waals surface area contributed by atoms with Gasteiger partial charge in [-0.2, -0.15) is 5.10 Å². The third-order valence-electron chi connectivity index (χ3n) is 8.85. The van der Waals surface area contributed by atoms with Gasteiger partial charge in [-0.15, -0.1) is 0 Å². The van der Waals surface area contributed by atoms with Crippen LogP contribution < -0.4 is 14.4 Å². The Hall–Kier alpha value is -4.06. The second-order valence-corrected chi connectivity index (χ2v) is 11.7. The highest BCUT2D eigenvalue weighted by Crippen LogP contribution is 2.39. The van der Waals surface area contributed by atoms with Gasteiger partial charge in [-0.3, -0.25) is 9.48 Å². The van der Waals surface area contributed by atoms with Gasteiger partial charge in [0.1, 0.15) is 18.1 Å². The van der Waals surface area contributed by atoms with Crippen LogP contribution in [-0.2, 0) is 30.9 Å². The lowest BCUT2D eigenvalue weighted by Gasteiger charge is -2.31. The van der Waals surface area contributed by atoms with Crippen LogP contribution in [-0.4, -0.2) is 22.8 Å². The number of carbonyl (C=O) groups is 1. The average molecular weight is 564 g/mol. The van der Waals surface area contributed by atoms with Gasteiger partial charge >= 0.3 is 0 Å². The standard InChI is InChI=1S/C36H41N3O3/c1-41-31-20-18-30(19-21-31)39(25-29-22-37-38(24-29)23-27-10-4-2-5-11-27)36(40)34-16-8-15-33-32(34)14-9-17-35(33)42-26-28-12-6-3-7-13-28/h3,6-7,9,12-14,17-22,24,27,34H,2,4-5,8,10-11,15-16,23,25-26H2,1H3. The number of aromatic nitrogens is 2. The van der Waals surface area contributed by atoms with Gasteiger partial charge in [0, 0.05) is 24.0 Å². The molecule has 0 bridgehead atoms. The second kappa shape index (κ2) is 13.3. The van der Waals surface area contributed by atoms with Crippen LogP contribution in [0.25, 0.3) is 0 Å². The smallest absolute Gasteiger partial charge is 0.234 e. The van der Waals surface area contributed by atoms with E-state index < -0.39 is 0 Å². The van der Waals surface area contributed by atoms with Crippen LogP contribution in [0.4, 0.5) is 5.69 Å². The van der Waals surface area contributed by atoms with Crippen LogP contribution in [0.3, 0.4) is 0 Å². The van der Waals surface area contributed by atoms with E-state index in [4.69, 9.17) is 14.6 Å². The van der Waals surface area contributed by atoms with Gasteiger partial charge in [0.05, 0.1) is 25.8 Å². The van der Waals surface area contributed by atoms with Gasteiger partial charge < -0.3 is 14.4 Å². The minimum Gasteiger partial charge on any atom is -0.497 e. The van der Waals surface area contributed by atoms with Gasteiger partial charge in [0.25, 0.3) is 0 Å². The fraction of sp³-hybridized carbons (Fsp3) is 0.389. The molecule has 42 heavy (non-hydrogen) atoms. The number of fused-ring (bicyclic) bond motifs is 1. The molecule has 0 spiro atoms. The maximum absolute atomic E-state index is 14.5.